The first-order valence-corrected chi connectivity index (χ1v) is 9.88. The summed E-state index contributed by atoms with van der Waals surface area (Å²) in [4.78, 5) is 41.4. The molecule has 0 aromatic carbocycles. The largest absolute Gasteiger partial charge is 0.383 e. The molecule has 150 valence electrons. The van der Waals surface area contributed by atoms with Crippen molar-refractivity contribution in [1.29, 1.82) is 0 Å². The average Bonchev–Trinajstić information content (AvgIpc) is 3.24. The van der Waals surface area contributed by atoms with Crippen molar-refractivity contribution in [3.8, 4) is 0 Å². The monoisotopic (exact) mass is 378 g/mol. The van der Waals surface area contributed by atoms with E-state index in [2.05, 4.69) is 4.98 Å². The van der Waals surface area contributed by atoms with Crippen molar-refractivity contribution in [2.45, 2.75) is 52.0 Å². The molecule has 0 unspecified atom stereocenters. The molecule has 1 heterocycles. The van der Waals surface area contributed by atoms with Gasteiger partial charge in [-0.25, -0.2) is 4.79 Å². The van der Waals surface area contributed by atoms with E-state index in [4.69, 9.17) is 10.5 Å². The summed E-state index contributed by atoms with van der Waals surface area (Å²) in [5, 5.41) is 0. The summed E-state index contributed by atoms with van der Waals surface area (Å²) in [5.41, 5.74) is 5.05. The Morgan fingerprint density at radius 3 is 2.70 bits per heavy atom. The van der Waals surface area contributed by atoms with Gasteiger partial charge in [-0.1, -0.05) is 13.3 Å². The van der Waals surface area contributed by atoms with Crippen molar-refractivity contribution in [2.24, 2.45) is 17.8 Å². The highest BCUT2D eigenvalue weighted by Crippen LogP contribution is 2.49. The van der Waals surface area contributed by atoms with Gasteiger partial charge in [-0.3, -0.25) is 19.1 Å². The van der Waals surface area contributed by atoms with Crippen LogP contribution >= 0.6 is 0 Å². The van der Waals surface area contributed by atoms with E-state index in [0.29, 0.717) is 31.2 Å². The molecular formula is C19H30N4O4. The van der Waals surface area contributed by atoms with Gasteiger partial charge in [-0.05, 0) is 43.4 Å². The summed E-state index contributed by atoms with van der Waals surface area (Å²) < 4.78 is 6.45. The van der Waals surface area contributed by atoms with Crippen LogP contribution in [0.15, 0.2) is 9.59 Å². The molecule has 3 N–H and O–H groups in total. The van der Waals surface area contributed by atoms with Gasteiger partial charge < -0.3 is 15.4 Å². The predicted octanol–water partition coefficient (Wildman–Crippen LogP) is 1.33. The number of carbonyl (C=O) groups excluding carboxylic acids is 1. The maximum absolute atomic E-state index is 13.1. The Kier molecular flexibility index (Phi) is 6.04. The Morgan fingerprint density at radius 1 is 1.33 bits per heavy atom. The van der Waals surface area contributed by atoms with Gasteiger partial charge >= 0.3 is 5.69 Å². The predicted molar refractivity (Wildman–Crippen MR) is 104 cm³/mol. The summed E-state index contributed by atoms with van der Waals surface area (Å²) in [6.45, 7) is 2.81. The van der Waals surface area contributed by atoms with E-state index in [9.17, 15) is 14.4 Å². The molecule has 3 atom stereocenters. The zero-order valence-corrected chi connectivity index (χ0v) is 16.2. The lowest BCUT2D eigenvalue weighted by Gasteiger charge is -2.27. The maximum Gasteiger partial charge on any atom is 0.330 e. The first-order chi connectivity index (χ1) is 13.0. The number of amides is 1. The van der Waals surface area contributed by atoms with E-state index in [1.165, 1.54) is 28.7 Å². The van der Waals surface area contributed by atoms with Crippen LogP contribution < -0.4 is 21.9 Å². The average molecular weight is 378 g/mol. The van der Waals surface area contributed by atoms with Gasteiger partial charge in [0.25, 0.3) is 5.56 Å². The van der Waals surface area contributed by atoms with E-state index in [0.717, 1.165) is 12.3 Å². The van der Waals surface area contributed by atoms with Crippen LogP contribution in [0.2, 0.25) is 0 Å². The van der Waals surface area contributed by atoms with E-state index < -0.39 is 11.2 Å². The first kappa shape index (κ1) is 19.7. The number of methoxy groups -OCH3 is 1. The number of rotatable bonds is 8. The van der Waals surface area contributed by atoms with Gasteiger partial charge in [0.15, 0.2) is 5.69 Å². The van der Waals surface area contributed by atoms with Crippen molar-refractivity contribution in [3.05, 3.63) is 20.8 Å². The smallest absolute Gasteiger partial charge is 0.330 e. The number of fused-ring (bicyclic) bond motifs is 2. The lowest BCUT2D eigenvalue weighted by atomic mass is 9.86. The number of nitrogens with two attached hydrogens (primary N) is 1. The Labute approximate surface area is 158 Å². The fourth-order valence-electron chi connectivity index (χ4n) is 4.79. The number of nitrogens with one attached hydrogen (secondary N) is 1. The number of nitrogens with zero attached hydrogens (tertiary/aromatic N) is 2. The Bertz CT molecular complexity index is 800. The third-order valence-electron chi connectivity index (χ3n) is 6.07. The second kappa shape index (κ2) is 8.29. The van der Waals surface area contributed by atoms with Crippen LogP contribution in [0.1, 0.15) is 45.4 Å². The van der Waals surface area contributed by atoms with Gasteiger partial charge in [-0.2, -0.15) is 0 Å². The molecule has 1 aromatic heterocycles. The first-order valence-electron chi connectivity index (χ1n) is 9.88. The van der Waals surface area contributed by atoms with Crippen molar-refractivity contribution >= 4 is 17.4 Å². The SMILES string of the molecule is CCCn1c(N)c(N(CCOC)C(=O)C[C@H]2C[C@H]3CC[C@H]2C3)c(=O)[nH]c1=O. The summed E-state index contributed by atoms with van der Waals surface area (Å²) in [6.07, 6.45) is 5.89. The second-order valence-electron chi connectivity index (χ2n) is 7.82. The summed E-state index contributed by atoms with van der Waals surface area (Å²) >= 11 is 0. The van der Waals surface area contributed by atoms with Gasteiger partial charge in [0.1, 0.15) is 5.82 Å². The third kappa shape index (κ3) is 3.95. The number of hydrogen-bond donors (Lipinski definition) is 2. The van der Waals surface area contributed by atoms with Crippen LogP contribution in [-0.4, -0.2) is 35.7 Å². The number of ether oxygens (including phenoxy) is 1. The number of H-pyrrole nitrogens is 1. The number of aromatic amines is 1. The molecule has 27 heavy (non-hydrogen) atoms. The van der Waals surface area contributed by atoms with E-state index in [1.807, 2.05) is 6.92 Å². The standard InChI is InChI=1S/C19H30N4O4/c1-3-6-23-17(20)16(18(25)21-19(23)26)22(7-8-27-2)15(24)11-14-10-12-4-5-13(14)9-12/h12-14H,3-11,20H2,1-2H3,(H,21,25,26)/t12-,13-,14+/m0/s1. The Hall–Kier alpha value is -2.09. The fourth-order valence-corrected chi connectivity index (χ4v) is 4.79. The molecule has 0 spiro atoms. The van der Waals surface area contributed by atoms with Crippen molar-refractivity contribution < 1.29 is 9.53 Å². The molecule has 2 aliphatic carbocycles. The lowest BCUT2D eigenvalue weighted by Crippen LogP contribution is -2.43. The molecule has 8 heteroatoms. The van der Waals surface area contributed by atoms with E-state index in [1.54, 1.807) is 7.11 Å². The highest BCUT2D eigenvalue weighted by Gasteiger charge is 2.41. The minimum Gasteiger partial charge on any atom is -0.383 e. The number of anilines is 2. The van der Waals surface area contributed by atoms with E-state index >= 15 is 0 Å². The second-order valence-corrected chi connectivity index (χ2v) is 7.82. The molecule has 0 radical (unpaired) electrons. The molecule has 1 amide bonds. The highest BCUT2D eigenvalue weighted by molar-refractivity contribution is 5.95. The number of hydrogen-bond acceptors (Lipinski definition) is 5. The van der Waals surface area contributed by atoms with Crippen LogP contribution in [0.3, 0.4) is 0 Å². The van der Waals surface area contributed by atoms with Crippen LogP contribution in [0.25, 0.3) is 0 Å². The quantitative estimate of drug-likeness (QED) is 0.709. The molecule has 8 nitrogen and oxygen atoms in total. The molecule has 2 aliphatic rings. The maximum atomic E-state index is 13.1. The minimum absolute atomic E-state index is 0.0444. The third-order valence-corrected chi connectivity index (χ3v) is 6.07. The normalized spacial score (nSPS) is 23.7. The van der Waals surface area contributed by atoms with Gasteiger partial charge in [0, 0.05) is 26.6 Å². The van der Waals surface area contributed by atoms with E-state index in [-0.39, 0.29) is 30.6 Å². The molecule has 1 aromatic rings. The highest BCUT2D eigenvalue weighted by atomic mass is 16.5. The molecule has 0 saturated heterocycles. The van der Waals surface area contributed by atoms with Gasteiger partial charge in [-0.15, -0.1) is 0 Å². The Balaban J connectivity index is 1.90. The Morgan fingerprint density at radius 2 is 2.11 bits per heavy atom. The number of nitrogen functional groups attached to an aromatic ring is 1. The molecule has 3 rings (SSSR count). The van der Waals surface area contributed by atoms with Gasteiger partial charge in [0.2, 0.25) is 5.91 Å². The molecule has 2 saturated carbocycles. The summed E-state index contributed by atoms with van der Waals surface area (Å²) in [7, 11) is 1.55. The summed E-state index contributed by atoms with van der Waals surface area (Å²) in [5.74, 6) is 1.67. The molecule has 0 aliphatic heterocycles. The molecule has 2 fully saturated rings. The van der Waals surface area contributed by atoms with Crippen molar-refractivity contribution in [1.82, 2.24) is 9.55 Å². The van der Waals surface area contributed by atoms with Crippen LogP contribution in [0.4, 0.5) is 11.5 Å². The molecular weight excluding hydrogens is 348 g/mol. The van der Waals surface area contributed by atoms with Crippen LogP contribution in [0.5, 0.6) is 0 Å². The fraction of sp³-hybridized carbons (Fsp3) is 0.737. The zero-order valence-electron chi connectivity index (χ0n) is 16.2. The van der Waals surface area contributed by atoms with Crippen molar-refractivity contribution in [2.75, 3.05) is 30.9 Å². The lowest BCUT2D eigenvalue weighted by molar-refractivity contribution is -0.120. The summed E-state index contributed by atoms with van der Waals surface area (Å²) in [6, 6.07) is 0. The van der Waals surface area contributed by atoms with Crippen molar-refractivity contribution in [3.63, 3.8) is 0 Å². The number of aromatic nitrogens is 2. The number of carbonyl (C=O) groups is 1. The van der Waals surface area contributed by atoms with Gasteiger partial charge in [0.05, 0.1) is 6.61 Å². The zero-order chi connectivity index (χ0) is 19.6. The van der Waals surface area contributed by atoms with Crippen LogP contribution in [0, 0.1) is 17.8 Å². The minimum atomic E-state index is -0.623. The van der Waals surface area contributed by atoms with Crippen LogP contribution in [-0.2, 0) is 16.1 Å². The topological polar surface area (TPSA) is 110 Å². The molecule has 2 bridgehead atoms.